The maximum Gasteiger partial charge on any atom is 0.0264 e. The lowest BCUT2D eigenvalue weighted by Gasteiger charge is -2.28. The van der Waals surface area contributed by atoms with Crippen molar-refractivity contribution in [2.75, 3.05) is 0 Å². The summed E-state index contributed by atoms with van der Waals surface area (Å²) < 4.78 is 0. The van der Waals surface area contributed by atoms with E-state index in [0.717, 1.165) is 11.8 Å². The molecule has 1 aliphatic carbocycles. The van der Waals surface area contributed by atoms with Gasteiger partial charge in [0.2, 0.25) is 0 Å². The SMILES string of the molecule is CCCC(C)C(NN)C(C)C1CC1. The van der Waals surface area contributed by atoms with Crippen LogP contribution in [0.15, 0.2) is 0 Å². The van der Waals surface area contributed by atoms with Crippen LogP contribution in [0.25, 0.3) is 0 Å². The lowest BCUT2D eigenvalue weighted by molar-refractivity contribution is 0.252. The highest BCUT2D eigenvalue weighted by Gasteiger charge is 2.34. The van der Waals surface area contributed by atoms with Crippen LogP contribution < -0.4 is 11.3 Å². The zero-order chi connectivity index (χ0) is 9.84. The molecule has 0 aromatic heterocycles. The maximum absolute atomic E-state index is 5.62. The Bertz CT molecular complexity index is 143. The van der Waals surface area contributed by atoms with Crippen LogP contribution in [0, 0.1) is 17.8 Å². The minimum absolute atomic E-state index is 0.521. The highest BCUT2D eigenvalue weighted by molar-refractivity contribution is 4.87. The molecule has 3 N–H and O–H groups in total. The molecular weight excluding hydrogens is 160 g/mol. The van der Waals surface area contributed by atoms with E-state index in [-0.39, 0.29) is 0 Å². The van der Waals surface area contributed by atoms with Gasteiger partial charge in [0, 0.05) is 6.04 Å². The molecule has 0 aromatic rings. The average Bonchev–Trinajstić information content (AvgIpc) is 2.88. The zero-order valence-corrected chi connectivity index (χ0v) is 9.22. The van der Waals surface area contributed by atoms with E-state index >= 15 is 0 Å². The fraction of sp³-hybridized carbons (Fsp3) is 1.00. The van der Waals surface area contributed by atoms with Gasteiger partial charge in [0.1, 0.15) is 0 Å². The van der Waals surface area contributed by atoms with Crippen LogP contribution in [0.5, 0.6) is 0 Å². The van der Waals surface area contributed by atoms with Gasteiger partial charge in [0.25, 0.3) is 0 Å². The quantitative estimate of drug-likeness (QED) is 0.491. The van der Waals surface area contributed by atoms with E-state index in [4.69, 9.17) is 5.84 Å². The van der Waals surface area contributed by atoms with E-state index in [1.165, 1.54) is 25.7 Å². The second-order valence-electron chi connectivity index (χ2n) is 4.65. The van der Waals surface area contributed by atoms with Gasteiger partial charge >= 0.3 is 0 Å². The number of nitrogens with two attached hydrogens (primary N) is 1. The summed E-state index contributed by atoms with van der Waals surface area (Å²) in [5, 5.41) is 0. The van der Waals surface area contributed by atoms with E-state index in [1.54, 1.807) is 0 Å². The van der Waals surface area contributed by atoms with Crippen molar-refractivity contribution in [1.82, 2.24) is 5.43 Å². The average molecular weight is 184 g/mol. The topological polar surface area (TPSA) is 38.0 Å². The summed E-state index contributed by atoms with van der Waals surface area (Å²) in [5.74, 6) is 8.03. The number of rotatable bonds is 6. The van der Waals surface area contributed by atoms with Crippen molar-refractivity contribution in [3.63, 3.8) is 0 Å². The molecule has 2 nitrogen and oxygen atoms in total. The van der Waals surface area contributed by atoms with Gasteiger partial charge in [-0.15, -0.1) is 0 Å². The molecule has 0 radical (unpaired) electrons. The molecule has 0 saturated heterocycles. The van der Waals surface area contributed by atoms with Gasteiger partial charge in [0.15, 0.2) is 0 Å². The van der Waals surface area contributed by atoms with Gasteiger partial charge < -0.3 is 0 Å². The van der Waals surface area contributed by atoms with Crippen molar-refractivity contribution >= 4 is 0 Å². The molecule has 13 heavy (non-hydrogen) atoms. The third kappa shape index (κ3) is 2.96. The Kier molecular flexibility index (Phi) is 4.20. The summed E-state index contributed by atoms with van der Waals surface area (Å²) in [7, 11) is 0. The number of hydrogen-bond donors (Lipinski definition) is 2. The largest absolute Gasteiger partial charge is 0.271 e. The van der Waals surface area contributed by atoms with Gasteiger partial charge in [-0.25, -0.2) is 0 Å². The molecule has 2 heteroatoms. The summed E-state index contributed by atoms with van der Waals surface area (Å²) >= 11 is 0. The van der Waals surface area contributed by atoms with Gasteiger partial charge in [0.05, 0.1) is 0 Å². The molecule has 3 unspecified atom stereocenters. The standard InChI is InChI=1S/C11H24N2/c1-4-5-8(2)11(13-12)9(3)10-6-7-10/h8-11,13H,4-7,12H2,1-3H3. The highest BCUT2D eigenvalue weighted by Crippen LogP contribution is 2.39. The molecule has 78 valence electrons. The van der Waals surface area contributed by atoms with Crippen LogP contribution in [0.2, 0.25) is 0 Å². The second-order valence-corrected chi connectivity index (χ2v) is 4.65. The molecule has 1 saturated carbocycles. The van der Waals surface area contributed by atoms with Crippen molar-refractivity contribution in [3.05, 3.63) is 0 Å². The summed E-state index contributed by atoms with van der Waals surface area (Å²) in [4.78, 5) is 0. The van der Waals surface area contributed by atoms with Gasteiger partial charge in [-0.1, -0.05) is 27.2 Å². The Morgan fingerprint density at radius 2 is 2.00 bits per heavy atom. The third-order valence-corrected chi connectivity index (χ3v) is 3.48. The normalized spacial score (nSPS) is 24.0. The lowest BCUT2D eigenvalue weighted by atomic mass is 9.85. The van der Waals surface area contributed by atoms with E-state index < -0.39 is 0 Å². The van der Waals surface area contributed by atoms with Crippen LogP contribution in [0.3, 0.4) is 0 Å². The Morgan fingerprint density at radius 3 is 2.38 bits per heavy atom. The van der Waals surface area contributed by atoms with Crippen molar-refractivity contribution in [2.45, 2.75) is 52.5 Å². The van der Waals surface area contributed by atoms with Crippen molar-refractivity contribution in [2.24, 2.45) is 23.6 Å². The maximum atomic E-state index is 5.62. The predicted molar refractivity (Wildman–Crippen MR) is 57.1 cm³/mol. The molecule has 0 spiro atoms. The number of hydrogen-bond acceptors (Lipinski definition) is 2. The predicted octanol–water partition coefficient (Wildman–Crippen LogP) is 2.30. The highest BCUT2D eigenvalue weighted by atomic mass is 15.2. The van der Waals surface area contributed by atoms with Crippen LogP contribution in [0.4, 0.5) is 0 Å². The van der Waals surface area contributed by atoms with Crippen LogP contribution in [-0.2, 0) is 0 Å². The zero-order valence-electron chi connectivity index (χ0n) is 9.22. The summed E-state index contributed by atoms with van der Waals surface area (Å²) in [5.41, 5.74) is 3.01. The van der Waals surface area contributed by atoms with Gasteiger partial charge in [-0.05, 0) is 37.0 Å². The molecule has 1 aliphatic rings. The van der Waals surface area contributed by atoms with E-state index in [2.05, 4.69) is 26.2 Å². The van der Waals surface area contributed by atoms with E-state index in [1.807, 2.05) is 0 Å². The first-order chi connectivity index (χ1) is 6.20. The molecule has 0 amide bonds. The molecule has 0 aromatic carbocycles. The van der Waals surface area contributed by atoms with Crippen molar-refractivity contribution < 1.29 is 0 Å². The van der Waals surface area contributed by atoms with Crippen molar-refractivity contribution in [1.29, 1.82) is 0 Å². The monoisotopic (exact) mass is 184 g/mol. The fourth-order valence-corrected chi connectivity index (χ4v) is 2.38. The first kappa shape index (κ1) is 11.0. The van der Waals surface area contributed by atoms with E-state index in [9.17, 15) is 0 Å². The van der Waals surface area contributed by atoms with Crippen LogP contribution >= 0.6 is 0 Å². The number of nitrogens with one attached hydrogen (secondary N) is 1. The molecule has 3 atom stereocenters. The Morgan fingerprint density at radius 1 is 1.38 bits per heavy atom. The Balaban J connectivity index is 2.39. The molecule has 0 heterocycles. The fourth-order valence-electron chi connectivity index (χ4n) is 2.38. The first-order valence-corrected chi connectivity index (χ1v) is 5.66. The Labute approximate surface area is 82.2 Å². The molecule has 1 fully saturated rings. The summed E-state index contributed by atoms with van der Waals surface area (Å²) in [6.07, 6.45) is 5.37. The van der Waals surface area contributed by atoms with Gasteiger partial charge in [-0.3, -0.25) is 11.3 Å². The molecule has 1 rings (SSSR count). The second kappa shape index (κ2) is 4.97. The van der Waals surface area contributed by atoms with Gasteiger partial charge in [-0.2, -0.15) is 0 Å². The first-order valence-electron chi connectivity index (χ1n) is 5.66. The van der Waals surface area contributed by atoms with Crippen molar-refractivity contribution in [3.8, 4) is 0 Å². The molecule has 0 bridgehead atoms. The lowest BCUT2D eigenvalue weighted by Crippen LogP contribution is -2.45. The van der Waals surface area contributed by atoms with Crippen LogP contribution in [0.1, 0.15) is 46.5 Å². The Hall–Kier alpha value is -0.0800. The minimum atomic E-state index is 0.521. The molecular formula is C11H24N2. The number of hydrazine groups is 1. The molecule has 0 aliphatic heterocycles. The smallest absolute Gasteiger partial charge is 0.0264 e. The van der Waals surface area contributed by atoms with E-state index in [0.29, 0.717) is 12.0 Å². The minimum Gasteiger partial charge on any atom is -0.271 e. The third-order valence-electron chi connectivity index (χ3n) is 3.48. The summed E-state index contributed by atoms with van der Waals surface area (Å²) in [6.45, 7) is 6.90. The van der Waals surface area contributed by atoms with Crippen LogP contribution in [-0.4, -0.2) is 6.04 Å². The summed E-state index contributed by atoms with van der Waals surface area (Å²) in [6, 6.07) is 0.521.